The molecule has 0 spiro atoms. The minimum absolute atomic E-state index is 0.515. The fraction of sp³-hybridized carbons (Fsp3) is 0.0833. The molecule has 0 aliphatic rings. The average molecular weight is 234 g/mol. The molecule has 0 amide bonds. The van der Waals surface area contributed by atoms with E-state index in [0.717, 1.165) is 5.69 Å². The third-order valence-electron chi connectivity index (χ3n) is 2.14. The quantitative estimate of drug-likeness (QED) is 0.836. The first kappa shape index (κ1) is 10.8. The van der Waals surface area contributed by atoms with Gasteiger partial charge in [0.05, 0.1) is 16.9 Å². The highest BCUT2D eigenvalue weighted by Gasteiger charge is 2.02. The van der Waals surface area contributed by atoms with Gasteiger partial charge in [-0.1, -0.05) is 23.7 Å². The van der Waals surface area contributed by atoms with Crippen LogP contribution in [0.4, 0.5) is 17.2 Å². The molecule has 16 heavy (non-hydrogen) atoms. The summed E-state index contributed by atoms with van der Waals surface area (Å²) in [6.45, 7) is 2.03. The van der Waals surface area contributed by atoms with Gasteiger partial charge in [0.1, 0.15) is 5.82 Å². The molecule has 0 saturated heterocycles. The van der Waals surface area contributed by atoms with Crippen molar-refractivity contribution in [2.24, 2.45) is 0 Å². The van der Waals surface area contributed by atoms with Crippen LogP contribution in [0.25, 0.3) is 0 Å². The van der Waals surface area contributed by atoms with Crippen LogP contribution in [-0.4, -0.2) is 4.98 Å². The van der Waals surface area contributed by atoms with Gasteiger partial charge < -0.3 is 11.1 Å². The maximum absolute atomic E-state index is 6.01. The summed E-state index contributed by atoms with van der Waals surface area (Å²) < 4.78 is 0. The van der Waals surface area contributed by atoms with Gasteiger partial charge in [-0.2, -0.15) is 0 Å². The summed E-state index contributed by atoms with van der Waals surface area (Å²) in [5, 5.41) is 3.66. The molecule has 2 aromatic rings. The maximum atomic E-state index is 6.01. The lowest BCUT2D eigenvalue weighted by Crippen LogP contribution is -1.96. The van der Waals surface area contributed by atoms with Gasteiger partial charge in [0, 0.05) is 5.69 Å². The molecule has 0 bridgehead atoms. The topological polar surface area (TPSA) is 50.9 Å². The Labute approximate surface area is 99.3 Å². The molecular weight excluding hydrogens is 222 g/mol. The standard InChI is InChI=1S/C12H12ClN3/c1-8-3-2-4-10(5-8)16-12-11(13)6-9(14)7-15-12/h2-7H,14H2,1H3,(H,15,16). The van der Waals surface area contributed by atoms with Crippen molar-refractivity contribution in [3.05, 3.63) is 47.1 Å². The van der Waals surface area contributed by atoms with Crippen LogP contribution in [0.15, 0.2) is 36.5 Å². The number of benzene rings is 1. The van der Waals surface area contributed by atoms with Crippen molar-refractivity contribution in [2.45, 2.75) is 6.92 Å². The summed E-state index contributed by atoms with van der Waals surface area (Å²) in [6, 6.07) is 9.66. The normalized spacial score (nSPS) is 10.1. The number of aromatic nitrogens is 1. The average Bonchev–Trinajstić information content (AvgIpc) is 2.22. The summed E-state index contributed by atoms with van der Waals surface area (Å²) >= 11 is 6.01. The van der Waals surface area contributed by atoms with Crippen LogP contribution >= 0.6 is 11.6 Å². The number of nitrogens with zero attached hydrogens (tertiary/aromatic N) is 1. The minimum Gasteiger partial charge on any atom is -0.397 e. The monoisotopic (exact) mass is 233 g/mol. The van der Waals surface area contributed by atoms with E-state index in [9.17, 15) is 0 Å². The first-order valence-corrected chi connectivity index (χ1v) is 5.27. The van der Waals surface area contributed by atoms with Gasteiger partial charge in [-0.3, -0.25) is 0 Å². The predicted octanol–water partition coefficient (Wildman–Crippen LogP) is 3.37. The lowest BCUT2D eigenvalue weighted by Gasteiger charge is -2.08. The molecule has 1 aromatic heterocycles. The highest BCUT2D eigenvalue weighted by atomic mass is 35.5. The molecule has 2 rings (SSSR count). The fourth-order valence-corrected chi connectivity index (χ4v) is 1.63. The number of rotatable bonds is 2. The molecule has 0 saturated carbocycles. The number of halogens is 1. The molecule has 3 N–H and O–H groups in total. The highest BCUT2D eigenvalue weighted by molar-refractivity contribution is 6.33. The molecule has 0 aliphatic carbocycles. The first-order chi connectivity index (χ1) is 7.65. The van der Waals surface area contributed by atoms with Crippen molar-refractivity contribution in [3.8, 4) is 0 Å². The van der Waals surface area contributed by atoms with E-state index < -0.39 is 0 Å². The molecule has 82 valence electrons. The van der Waals surface area contributed by atoms with Crippen LogP contribution in [0.1, 0.15) is 5.56 Å². The van der Waals surface area contributed by atoms with E-state index in [0.29, 0.717) is 16.5 Å². The largest absolute Gasteiger partial charge is 0.397 e. The summed E-state index contributed by atoms with van der Waals surface area (Å²) in [6.07, 6.45) is 1.57. The molecule has 1 aromatic carbocycles. The van der Waals surface area contributed by atoms with Crippen molar-refractivity contribution in [2.75, 3.05) is 11.1 Å². The summed E-state index contributed by atoms with van der Waals surface area (Å²) in [5.74, 6) is 0.612. The lowest BCUT2D eigenvalue weighted by molar-refractivity contribution is 1.31. The van der Waals surface area contributed by atoms with Crippen molar-refractivity contribution in [1.82, 2.24) is 4.98 Å². The maximum Gasteiger partial charge on any atom is 0.149 e. The second-order valence-electron chi connectivity index (χ2n) is 3.59. The van der Waals surface area contributed by atoms with E-state index >= 15 is 0 Å². The number of nitrogens with one attached hydrogen (secondary N) is 1. The van der Waals surface area contributed by atoms with Gasteiger partial charge in [0.2, 0.25) is 0 Å². The second kappa shape index (κ2) is 4.41. The van der Waals surface area contributed by atoms with Gasteiger partial charge in [0.25, 0.3) is 0 Å². The number of aryl methyl sites for hydroxylation is 1. The van der Waals surface area contributed by atoms with Gasteiger partial charge in [0.15, 0.2) is 0 Å². The van der Waals surface area contributed by atoms with E-state index in [4.69, 9.17) is 17.3 Å². The molecule has 0 atom stereocenters. The number of nitrogen functional groups attached to an aromatic ring is 1. The molecule has 0 unspecified atom stereocenters. The lowest BCUT2D eigenvalue weighted by atomic mass is 10.2. The molecule has 0 aliphatic heterocycles. The number of anilines is 3. The van der Waals surface area contributed by atoms with Crippen LogP contribution in [0.5, 0.6) is 0 Å². The Hall–Kier alpha value is -1.74. The molecule has 0 radical (unpaired) electrons. The number of hydrogen-bond acceptors (Lipinski definition) is 3. The van der Waals surface area contributed by atoms with Crippen molar-refractivity contribution in [1.29, 1.82) is 0 Å². The second-order valence-corrected chi connectivity index (χ2v) is 4.00. The van der Waals surface area contributed by atoms with Gasteiger partial charge in [-0.25, -0.2) is 4.98 Å². The zero-order valence-corrected chi connectivity index (χ0v) is 9.62. The highest BCUT2D eigenvalue weighted by Crippen LogP contribution is 2.24. The number of nitrogens with two attached hydrogens (primary N) is 1. The fourth-order valence-electron chi connectivity index (χ4n) is 1.40. The summed E-state index contributed by atoms with van der Waals surface area (Å²) in [5.41, 5.74) is 8.26. The molecular formula is C12H12ClN3. The Balaban J connectivity index is 2.27. The van der Waals surface area contributed by atoms with E-state index in [1.807, 2.05) is 31.2 Å². The van der Waals surface area contributed by atoms with Gasteiger partial charge >= 0.3 is 0 Å². The van der Waals surface area contributed by atoms with Gasteiger partial charge in [-0.15, -0.1) is 0 Å². The Morgan fingerprint density at radius 2 is 2.12 bits per heavy atom. The predicted molar refractivity (Wildman–Crippen MR) is 68.1 cm³/mol. The molecule has 4 heteroatoms. The Morgan fingerprint density at radius 3 is 2.81 bits per heavy atom. The zero-order chi connectivity index (χ0) is 11.5. The van der Waals surface area contributed by atoms with Crippen LogP contribution in [0, 0.1) is 6.92 Å². The molecule has 0 fully saturated rings. The third kappa shape index (κ3) is 2.44. The Bertz CT molecular complexity index is 511. The Morgan fingerprint density at radius 1 is 1.31 bits per heavy atom. The van der Waals surface area contributed by atoms with Crippen molar-refractivity contribution < 1.29 is 0 Å². The zero-order valence-electron chi connectivity index (χ0n) is 8.87. The SMILES string of the molecule is Cc1cccc(Nc2ncc(N)cc2Cl)c1. The van der Waals surface area contributed by atoms with Gasteiger partial charge in [-0.05, 0) is 30.7 Å². The smallest absolute Gasteiger partial charge is 0.149 e. The van der Waals surface area contributed by atoms with E-state index in [1.165, 1.54) is 5.56 Å². The van der Waals surface area contributed by atoms with E-state index in [2.05, 4.69) is 10.3 Å². The Kier molecular flexibility index (Phi) is 2.97. The van der Waals surface area contributed by atoms with Crippen molar-refractivity contribution >= 4 is 28.8 Å². The summed E-state index contributed by atoms with van der Waals surface area (Å²) in [4.78, 5) is 4.13. The first-order valence-electron chi connectivity index (χ1n) is 4.90. The number of pyridine rings is 1. The van der Waals surface area contributed by atoms with E-state index in [1.54, 1.807) is 12.3 Å². The third-order valence-corrected chi connectivity index (χ3v) is 2.43. The van der Waals surface area contributed by atoms with Crippen LogP contribution in [0.2, 0.25) is 5.02 Å². The van der Waals surface area contributed by atoms with Crippen LogP contribution in [0.3, 0.4) is 0 Å². The van der Waals surface area contributed by atoms with E-state index in [-0.39, 0.29) is 0 Å². The molecule has 3 nitrogen and oxygen atoms in total. The number of hydrogen-bond donors (Lipinski definition) is 2. The molecule has 1 heterocycles. The van der Waals surface area contributed by atoms with Crippen molar-refractivity contribution in [3.63, 3.8) is 0 Å². The van der Waals surface area contributed by atoms with Crippen LogP contribution in [-0.2, 0) is 0 Å². The van der Waals surface area contributed by atoms with Crippen LogP contribution < -0.4 is 11.1 Å². The minimum atomic E-state index is 0.515. The summed E-state index contributed by atoms with van der Waals surface area (Å²) in [7, 11) is 0.